The predicted octanol–water partition coefficient (Wildman–Crippen LogP) is 5.18. The largest absolute Gasteiger partial charge is 0.445 e. The van der Waals surface area contributed by atoms with Crippen molar-refractivity contribution in [3.63, 3.8) is 0 Å². The molecule has 0 saturated carbocycles. The van der Waals surface area contributed by atoms with Crippen molar-refractivity contribution in [1.29, 1.82) is 0 Å². The maximum atomic E-state index is 14.2. The van der Waals surface area contributed by atoms with Crippen molar-refractivity contribution < 1.29 is 28.7 Å². The summed E-state index contributed by atoms with van der Waals surface area (Å²) in [7, 11) is 0. The Hall–Kier alpha value is -6.30. The molecule has 5 rings (SSSR count). The van der Waals surface area contributed by atoms with Crippen LogP contribution in [0.15, 0.2) is 116 Å². The van der Waals surface area contributed by atoms with E-state index in [0.717, 1.165) is 27.5 Å². The Morgan fingerprint density at radius 2 is 1.42 bits per heavy atom. The number of carbonyl (C=O) groups excluding carboxylic acids is 5. The molecule has 0 spiro atoms. The molecule has 55 heavy (non-hydrogen) atoms. The quantitative estimate of drug-likeness (QED) is 0.0726. The number of nitrogens with one attached hydrogen (secondary N) is 5. The van der Waals surface area contributed by atoms with Crippen LogP contribution in [-0.2, 0) is 49.9 Å². The lowest BCUT2D eigenvalue weighted by Crippen LogP contribution is -2.57. The molecule has 4 aromatic carbocycles. The number of imidazole rings is 1. The van der Waals surface area contributed by atoms with Crippen LogP contribution in [0.2, 0.25) is 0 Å². The molecule has 0 aliphatic heterocycles. The van der Waals surface area contributed by atoms with Gasteiger partial charge >= 0.3 is 6.09 Å². The second kappa shape index (κ2) is 20.2. The number of nitrogens with zero attached hydrogens (tertiary/aromatic N) is 1. The first kappa shape index (κ1) is 39.9. The van der Waals surface area contributed by atoms with Crippen molar-refractivity contribution in [3.8, 4) is 0 Å². The van der Waals surface area contributed by atoms with E-state index in [4.69, 9.17) is 4.74 Å². The zero-order valence-electron chi connectivity index (χ0n) is 31.1. The highest BCUT2D eigenvalue weighted by Gasteiger charge is 2.32. The molecule has 0 saturated heterocycles. The van der Waals surface area contributed by atoms with Gasteiger partial charge in [-0.3, -0.25) is 14.4 Å². The van der Waals surface area contributed by atoms with E-state index in [0.29, 0.717) is 24.9 Å². The van der Waals surface area contributed by atoms with Crippen LogP contribution in [0.25, 0.3) is 10.8 Å². The third-order valence-corrected chi connectivity index (χ3v) is 9.22. The number of alkyl carbamates (subject to hydrolysis) is 1. The lowest BCUT2D eigenvalue weighted by atomic mass is 9.89. The molecule has 1 unspecified atom stereocenters. The molecule has 0 bridgehead atoms. The van der Waals surface area contributed by atoms with E-state index in [9.17, 15) is 24.0 Å². The zero-order chi connectivity index (χ0) is 39.0. The van der Waals surface area contributed by atoms with Gasteiger partial charge in [0.2, 0.25) is 17.7 Å². The van der Waals surface area contributed by atoms with Gasteiger partial charge < -0.3 is 35.8 Å². The highest BCUT2D eigenvalue weighted by Crippen LogP contribution is 2.21. The second-order valence-electron chi connectivity index (χ2n) is 13.9. The third kappa shape index (κ3) is 12.4. The number of aromatic nitrogens is 2. The van der Waals surface area contributed by atoms with E-state index in [-0.39, 0.29) is 37.7 Å². The smallest absolute Gasteiger partial charge is 0.408 e. The fraction of sp³-hybridized carbons (Fsp3) is 0.302. The van der Waals surface area contributed by atoms with Gasteiger partial charge in [0.25, 0.3) is 0 Å². The molecule has 0 aliphatic carbocycles. The summed E-state index contributed by atoms with van der Waals surface area (Å²) >= 11 is 0. The summed E-state index contributed by atoms with van der Waals surface area (Å²) in [5.74, 6) is -2.27. The monoisotopic (exact) mass is 744 g/mol. The maximum absolute atomic E-state index is 14.2. The van der Waals surface area contributed by atoms with Gasteiger partial charge in [0.15, 0.2) is 0 Å². The van der Waals surface area contributed by atoms with Gasteiger partial charge in [-0.05, 0) is 39.8 Å². The summed E-state index contributed by atoms with van der Waals surface area (Å²) in [6.45, 7) is 4.22. The van der Waals surface area contributed by atoms with Crippen molar-refractivity contribution in [2.24, 2.45) is 11.8 Å². The first-order valence-corrected chi connectivity index (χ1v) is 18.5. The number of benzene rings is 4. The highest BCUT2D eigenvalue weighted by atomic mass is 16.5. The Balaban J connectivity index is 1.34. The van der Waals surface area contributed by atoms with Crippen LogP contribution in [0.1, 0.15) is 49.1 Å². The van der Waals surface area contributed by atoms with Crippen molar-refractivity contribution in [2.75, 3.05) is 0 Å². The van der Waals surface area contributed by atoms with Gasteiger partial charge in [-0.15, -0.1) is 0 Å². The van der Waals surface area contributed by atoms with E-state index < -0.39 is 42.0 Å². The molecule has 5 aromatic rings. The van der Waals surface area contributed by atoms with Crippen LogP contribution in [0.5, 0.6) is 0 Å². The topological polar surface area (TPSA) is 171 Å². The van der Waals surface area contributed by atoms with Crippen LogP contribution >= 0.6 is 0 Å². The SMILES string of the molecule is CC(C)C[C@H](NC(=O)C(Cc1c[nH]cn1)NC(=O)[C@H](Cc1cccc2ccccc12)NC(=O)OCc1ccccc1)[C@@H](C=O)CC(=O)NCc1ccccc1. The van der Waals surface area contributed by atoms with Gasteiger partial charge in [-0.2, -0.15) is 0 Å². The minimum absolute atomic E-state index is 0.00110. The van der Waals surface area contributed by atoms with Crippen LogP contribution in [0.4, 0.5) is 4.79 Å². The molecule has 12 heteroatoms. The molecule has 12 nitrogen and oxygen atoms in total. The standard InChI is InChI=1S/C43H48N6O6/c1-29(2)20-37(34(26-50)22-40(51)45-24-30-12-5-3-6-13-30)47-42(53)39(23-35-25-44-28-46-35)48-41(52)38(49-43(54)55-27-31-14-7-4-8-15-31)21-33-18-11-17-32-16-9-10-19-36(32)33/h3-19,25-26,28-29,34,37-39H,20-24,27H2,1-2H3,(H,44,46)(H,45,51)(H,47,53)(H,48,52)(H,49,54)/t34-,37+,38+,39?/m1/s1. The maximum Gasteiger partial charge on any atom is 0.408 e. The van der Waals surface area contributed by atoms with Crippen LogP contribution in [0.3, 0.4) is 0 Å². The summed E-state index contributed by atoms with van der Waals surface area (Å²) in [4.78, 5) is 74.1. The van der Waals surface area contributed by atoms with Crippen molar-refractivity contribution in [3.05, 3.63) is 138 Å². The minimum atomic E-state index is -1.15. The van der Waals surface area contributed by atoms with Gasteiger partial charge in [0.1, 0.15) is 25.0 Å². The van der Waals surface area contributed by atoms with Crippen LogP contribution in [-0.4, -0.2) is 58.2 Å². The van der Waals surface area contributed by atoms with Gasteiger partial charge in [-0.1, -0.05) is 117 Å². The molecule has 5 N–H and O–H groups in total. The van der Waals surface area contributed by atoms with E-state index in [2.05, 4.69) is 31.2 Å². The lowest BCUT2D eigenvalue weighted by Gasteiger charge is -2.29. The molecule has 0 fully saturated rings. The van der Waals surface area contributed by atoms with Crippen molar-refractivity contribution in [2.45, 2.75) is 70.8 Å². The molecule has 4 atom stereocenters. The summed E-state index contributed by atoms with van der Waals surface area (Å²) in [6, 6.07) is 29.1. The number of ether oxygens (including phenoxy) is 1. The number of amides is 4. The van der Waals surface area contributed by atoms with E-state index in [1.54, 1.807) is 6.20 Å². The number of H-pyrrole nitrogens is 1. The van der Waals surface area contributed by atoms with Gasteiger partial charge in [0, 0.05) is 44.0 Å². The zero-order valence-corrected chi connectivity index (χ0v) is 31.1. The highest BCUT2D eigenvalue weighted by molar-refractivity contribution is 5.93. The minimum Gasteiger partial charge on any atom is -0.445 e. The molecule has 1 aromatic heterocycles. The van der Waals surface area contributed by atoms with Gasteiger partial charge in [-0.25, -0.2) is 9.78 Å². The summed E-state index contributed by atoms with van der Waals surface area (Å²) in [5.41, 5.74) is 3.02. The number of aldehydes is 1. The molecule has 0 aliphatic rings. The van der Waals surface area contributed by atoms with Gasteiger partial charge in [0.05, 0.1) is 12.0 Å². The fourth-order valence-electron chi connectivity index (χ4n) is 6.40. The number of fused-ring (bicyclic) bond motifs is 1. The van der Waals surface area contributed by atoms with Crippen molar-refractivity contribution >= 4 is 40.9 Å². The van der Waals surface area contributed by atoms with Crippen molar-refractivity contribution in [1.82, 2.24) is 31.2 Å². The Morgan fingerprint density at radius 3 is 2.11 bits per heavy atom. The molecule has 1 heterocycles. The first-order valence-electron chi connectivity index (χ1n) is 18.5. The molecule has 4 amide bonds. The number of hydrogen-bond acceptors (Lipinski definition) is 7. The van der Waals surface area contributed by atoms with E-state index >= 15 is 0 Å². The normalized spacial score (nSPS) is 13.2. The Morgan fingerprint density at radius 1 is 0.764 bits per heavy atom. The number of hydrogen-bond donors (Lipinski definition) is 5. The van der Waals surface area contributed by atoms with E-state index in [1.165, 1.54) is 6.33 Å². The van der Waals surface area contributed by atoms with Crippen LogP contribution < -0.4 is 21.3 Å². The second-order valence-corrected chi connectivity index (χ2v) is 13.9. The predicted molar refractivity (Wildman–Crippen MR) is 209 cm³/mol. The number of carbonyl (C=O) groups is 5. The van der Waals surface area contributed by atoms with Crippen LogP contribution in [0, 0.1) is 11.8 Å². The molecule has 0 radical (unpaired) electrons. The third-order valence-electron chi connectivity index (χ3n) is 9.22. The first-order chi connectivity index (χ1) is 26.7. The lowest BCUT2D eigenvalue weighted by molar-refractivity contribution is -0.131. The molecular formula is C43H48N6O6. The number of rotatable bonds is 19. The van der Waals surface area contributed by atoms with E-state index in [1.807, 2.05) is 117 Å². The Bertz CT molecular complexity index is 2000. The summed E-state index contributed by atoms with van der Waals surface area (Å²) in [6.07, 6.45) is 3.38. The molecular weight excluding hydrogens is 697 g/mol. The Kier molecular flexibility index (Phi) is 14.7. The molecule has 286 valence electrons. The Labute approximate surface area is 320 Å². The average molecular weight is 745 g/mol. The summed E-state index contributed by atoms with van der Waals surface area (Å²) in [5, 5.41) is 13.3. The number of aromatic amines is 1. The fourth-order valence-corrected chi connectivity index (χ4v) is 6.40. The average Bonchev–Trinajstić information content (AvgIpc) is 3.71. The summed E-state index contributed by atoms with van der Waals surface area (Å²) < 4.78 is 5.48.